The van der Waals surface area contributed by atoms with E-state index in [-0.39, 0.29) is 6.54 Å². The number of carbonyl (C=O) groups excluding carboxylic acids is 1. The topological polar surface area (TPSA) is 153 Å². The van der Waals surface area contributed by atoms with Gasteiger partial charge in [-0.1, -0.05) is 11.8 Å². The summed E-state index contributed by atoms with van der Waals surface area (Å²) in [6.07, 6.45) is -1.59. The van der Waals surface area contributed by atoms with Crippen molar-refractivity contribution in [3.63, 3.8) is 0 Å². The van der Waals surface area contributed by atoms with Crippen LogP contribution < -0.4 is 17.2 Å². The van der Waals surface area contributed by atoms with Crippen molar-refractivity contribution in [1.29, 1.82) is 0 Å². The van der Waals surface area contributed by atoms with Crippen molar-refractivity contribution in [2.45, 2.75) is 31.0 Å². The monoisotopic (exact) mass is 243 g/mol. The number of rotatable bonds is 5. The Morgan fingerprint density at radius 3 is 2.29 bits per heavy atom. The Labute approximate surface area is 99.0 Å². The molecule has 7 heteroatoms. The summed E-state index contributed by atoms with van der Waals surface area (Å²) in [5, 5.41) is 18.1. The van der Waals surface area contributed by atoms with E-state index in [1.165, 1.54) is 6.92 Å². The maximum atomic E-state index is 11.8. The minimum Gasteiger partial charge on any atom is -0.480 e. The highest BCUT2D eigenvalue weighted by Gasteiger charge is 2.45. The van der Waals surface area contributed by atoms with Crippen molar-refractivity contribution in [2.24, 2.45) is 17.2 Å². The molecule has 0 rings (SSSR count). The van der Waals surface area contributed by atoms with Crippen LogP contribution in [0.25, 0.3) is 0 Å². The van der Waals surface area contributed by atoms with Crippen LogP contribution in [0.2, 0.25) is 0 Å². The van der Waals surface area contributed by atoms with Crippen LogP contribution in [0.3, 0.4) is 0 Å². The van der Waals surface area contributed by atoms with Gasteiger partial charge in [0.2, 0.25) is 0 Å². The molecule has 0 aromatic rings. The van der Waals surface area contributed by atoms with Crippen LogP contribution in [0.15, 0.2) is 0 Å². The molecule has 0 spiro atoms. The normalized spacial score (nSPS) is 17.2. The van der Waals surface area contributed by atoms with E-state index in [1.807, 2.05) is 0 Å². The number of carbonyl (C=O) groups is 2. The highest BCUT2D eigenvalue weighted by molar-refractivity contribution is 6.10. The van der Waals surface area contributed by atoms with Gasteiger partial charge in [0.1, 0.15) is 0 Å². The van der Waals surface area contributed by atoms with Gasteiger partial charge < -0.3 is 27.4 Å². The number of hydrogen-bond acceptors (Lipinski definition) is 6. The molecule has 0 fully saturated rings. The number of nitrogens with two attached hydrogens (primary N) is 3. The van der Waals surface area contributed by atoms with Crippen LogP contribution in [-0.2, 0) is 9.59 Å². The number of aliphatic hydroxyl groups is 1. The molecule has 0 aliphatic carbocycles. The van der Waals surface area contributed by atoms with Gasteiger partial charge in [0.05, 0.1) is 18.7 Å². The molecular weight excluding hydrogens is 226 g/mol. The molecule has 8 N–H and O–H groups in total. The van der Waals surface area contributed by atoms with Crippen LogP contribution in [0, 0.1) is 11.8 Å². The fourth-order valence-electron chi connectivity index (χ4n) is 1.06. The Bertz CT molecular complexity index is 358. The first-order valence-electron chi connectivity index (χ1n) is 4.93. The van der Waals surface area contributed by atoms with Gasteiger partial charge >= 0.3 is 5.97 Å². The Kier molecular flexibility index (Phi) is 5.78. The largest absolute Gasteiger partial charge is 0.480 e. The molecule has 0 amide bonds. The van der Waals surface area contributed by atoms with E-state index in [1.54, 1.807) is 0 Å². The van der Waals surface area contributed by atoms with E-state index in [0.29, 0.717) is 0 Å². The minimum absolute atomic E-state index is 0.0341. The van der Waals surface area contributed by atoms with Crippen LogP contribution in [0.5, 0.6) is 0 Å². The smallest absolute Gasteiger partial charge is 0.332 e. The summed E-state index contributed by atoms with van der Waals surface area (Å²) in [5.41, 5.74) is 13.7. The van der Waals surface area contributed by atoms with Gasteiger partial charge in [0.15, 0.2) is 11.3 Å². The molecular formula is C10H17N3O4. The van der Waals surface area contributed by atoms with Gasteiger partial charge in [-0.15, -0.1) is 0 Å². The second kappa shape index (κ2) is 6.32. The summed E-state index contributed by atoms with van der Waals surface area (Å²) in [6, 6.07) is -1.37. The highest BCUT2D eigenvalue weighted by atomic mass is 16.4. The Morgan fingerprint density at radius 1 is 1.41 bits per heavy atom. The molecule has 0 radical (unpaired) electrons. The minimum atomic E-state index is -2.22. The number of hydrogen-bond donors (Lipinski definition) is 5. The van der Waals surface area contributed by atoms with Gasteiger partial charge in [0, 0.05) is 6.42 Å². The standard InChI is InChI=1S/C10H17N3O4/c1-6(14)7(12)8(15)10(13,9(16)17)4-2-3-5-11/h6-7,14H,4-5,11-13H2,1H3,(H,16,17). The molecule has 0 aliphatic rings. The summed E-state index contributed by atoms with van der Waals surface area (Å²) >= 11 is 0. The maximum absolute atomic E-state index is 11.8. The molecule has 0 aromatic carbocycles. The van der Waals surface area contributed by atoms with Crippen LogP contribution >= 0.6 is 0 Å². The molecule has 7 nitrogen and oxygen atoms in total. The van der Waals surface area contributed by atoms with E-state index in [4.69, 9.17) is 27.4 Å². The maximum Gasteiger partial charge on any atom is 0.332 e. The summed E-state index contributed by atoms with van der Waals surface area (Å²) in [4.78, 5) is 22.8. The van der Waals surface area contributed by atoms with E-state index in [2.05, 4.69) is 11.8 Å². The second-order valence-electron chi connectivity index (χ2n) is 3.64. The molecule has 0 heterocycles. The lowest BCUT2D eigenvalue weighted by atomic mass is 9.86. The Morgan fingerprint density at radius 2 is 1.94 bits per heavy atom. The van der Waals surface area contributed by atoms with E-state index >= 15 is 0 Å². The summed E-state index contributed by atoms with van der Waals surface area (Å²) in [7, 11) is 0. The lowest BCUT2D eigenvalue weighted by molar-refractivity contribution is -0.149. The van der Waals surface area contributed by atoms with Gasteiger partial charge in [-0.25, -0.2) is 4.79 Å². The number of Topliss-reactive ketones (excluding diaryl/α,β-unsaturated/α-hetero) is 1. The van der Waals surface area contributed by atoms with Gasteiger partial charge in [-0.3, -0.25) is 4.79 Å². The van der Waals surface area contributed by atoms with Gasteiger partial charge in [-0.05, 0) is 6.92 Å². The third kappa shape index (κ3) is 3.80. The molecule has 0 saturated carbocycles. The van der Waals surface area contributed by atoms with E-state index in [0.717, 1.165) is 0 Å². The Hall–Kier alpha value is -1.46. The summed E-state index contributed by atoms with van der Waals surface area (Å²) < 4.78 is 0. The zero-order valence-electron chi connectivity index (χ0n) is 9.51. The third-order valence-corrected chi connectivity index (χ3v) is 2.24. The van der Waals surface area contributed by atoms with E-state index < -0.39 is 35.9 Å². The molecule has 17 heavy (non-hydrogen) atoms. The van der Waals surface area contributed by atoms with Crippen molar-refractivity contribution in [3.05, 3.63) is 0 Å². The number of carboxylic acids is 1. The van der Waals surface area contributed by atoms with Crippen molar-refractivity contribution >= 4 is 11.8 Å². The van der Waals surface area contributed by atoms with Crippen molar-refractivity contribution in [1.82, 2.24) is 0 Å². The van der Waals surface area contributed by atoms with Gasteiger partial charge in [-0.2, -0.15) is 0 Å². The second-order valence-corrected chi connectivity index (χ2v) is 3.64. The number of aliphatic carboxylic acids is 1. The fraction of sp³-hybridized carbons (Fsp3) is 0.600. The molecule has 96 valence electrons. The fourth-order valence-corrected chi connectivity index (χ4v) is 1.06. The van der Waals surface area contributed by atoms with E-state index in [9.17, 15) is 9.59 Å². The van der Waals surface area contributed by atoms with Crippen molar-refractivity contribution < 1.29 is 19.8 Å². The summed E-state index contributed by atoms with van der Waals surface area (Å²) in [6.45, 7) is 1.31. The first-order valence-corrected chi connectivity index (χ1v) is 4.93. The van der Waals surface area contributed by atoms with Gasteiger partial charge in [0.25, 0.3) is 0 Å². The third-order valence-electron chi connectivity index (χ3n) is 2.24. The highest BCUT2D eigenvalue weighted by Crippen LogP contribution is 2.12. The van der Waals surface area contributed by atoms with Crippen LogP contribution in [-0.4, -0.2) is 46.2 Å². The van der Waals surface area contributed by atoms with Crippen molar-refractivity contribution in [2.75, 3.05) is 6.54 Å². The predicted molar refractivity (Wildman–Crippen MR) is 60.7 cm³/mol. The SMILES string of the molecule is CC(O)C(N)C(=O)C(N)(CC#CCN)C(=O)O. The van der Waals surface area contributed by atoms with Crippen LogP contribution in [0.1, 0.15) is 13.3 Å². The molecule has 0 aromatic heterocycles. The Balaban J connectivity index is 5.07. The zero-order valence-corrected chi connectivity index (χ0v) is 9.51. The summed E-state index contributed by atoms with van der Waals surface area (Å²) in [5.74, 6) is 2.30. The predicted octanol–water partition coefficient (Wildman–Crippen LogP) is -2.60. The average Bonchev–Trinajstić information content (AvgIpc) is 2.26. The first kappa shape index (κ1) is 15.5. The number of aliphatic hydroxyl groups excluding tert-OH is 1. The lowest BCUT2D eigenvalue weighted by Crippen LogP contribution is -2.62. The molecule has 0 aliphatic heterocycles. The molecule has 0 saturated heterocycles. The number of ketones is 1. The van der Waals surface area contributed by atoms with Crippen LogP contribution in [0.4, 0.5) is 0 Å². The van der Waals surface area contributed by atoms with Crippen molar-refractivity contribution in [3.8, 4) is 11.8 Å². The average molecular weight is 243 g/mol. The molecule has 3 atom stereocenters. The number of carboxylic acid groups (broad SMARTS) is 1. The lowest BCUT2D eigenvalue weighted by Gasteiger charge is -2.25. The first-order chi connectivity index (χ1) is 7.77. The zero-order chi connectivity index (χ0) is 13.6. The molecule has 3 unspecified atom stereocenters. The quantitative estimate of drug-likeness (QED) is 0.262. The molecule has 0 bridgehead atoms.